The topological polar surface area (TPSA) is 49.4 Å². The lowest BCUT2D eigenvalue weighted by molar-refractivity contribution is -0.123. The molecule has 36 heavy (non-hydrogen) atoms. The van der Waals surface area contributed by atoms with E-state index in [1.165, 1.54) is 17.5 Å². The molecule has 180 valence electrons. The van der Waals surface area contributed by atoms with Crippen molar-refractivity contribution in [1.29, 1.82) is 0 Å². The number of aryl methyl sites for hydroxylation is 2. The first kappa shape index (κ1) is 22.5. The molecular formula is C32H30N2O2. The molecule has 1 aliphatic heterocycles. The molecule has 4 nitrogen and oxygen atoms in total. The van der Waals surface area contributed by atoms with Gasteiger partial charge in [0.25, 0.3) is 5.91 Å². The number of amides is 2. The molecule has 2 aliphatic rings. The van der Waals surface area contributed by atoms with Gasteiger partial charge in [-0.25, -0.2) is 0 Å². The van der Waals surface area contributed by atoms with Gasteiger partial charge < -0.3 is 10.2 Å². The Balaban J connectivity index is 1.34. The van der Waals surface area contributed by atoms with Crippen LogP contribution in [-0.4, -0.2) is 23.3 Å². The maximum atomic E-state index is 14.0. The second-order valence-electron chi connectivity index (χ2n) is 9.96. The SMILES string of the molecule is O=C(Nc1ccc2c(c1)CCC2)[C@H]1CCCN(C(=O)c2cccc3ccccc23)[C@H]1c1ccccc1. The van der Waals surface area contributed by atoms with Gasteiger partial charge in [-0.1, -0.05) is 72.8 Å². The van der Waals surface area contributed by atoms with E-state index in [-0.39, 0.29) is 23.8 Å². The van der Waals surface area contributed by atoms with Gasteiger partial charge in [0.15, 0.2) is 0 Å². The molecule has 0 unspecified atom stereocenters. The number of anilines is 1. The largest absolute Gasteiger partial charge is 0.331 e. The van der Waals surface area contributed by atoms with Crippen molar-refractivity contribution in [2.75, 3.05) is 11.9 Å². The van der Waals surface area contributed by atoms with Crippen LogP contribution in [0, 0.1) is 5.92 Å². The Morgan fingerprint density at radius 2 is 1.56 bits per heavy atom. The van der Waals surface area contributed by atoms with Crippen molar-refractivity contribution in [2.45, 2.75) is 38.1 Å². The quantitative estimate of drug-likeness (QED) is 0.364. The Kier molecular flexibility index (Phi) is 6.02. The normalized spacial score (nSPS) is 19.2. The standard InChI is InChI=1S/C32H30N2O2/c35-31(33-26-19-18-22-12-6-14-25(22)21-26)29-17-8-20-34(30(29)24-10-2-1-3-11-24)32(36)28-16-7-13-23-9-4-5-15-27(23)28/h1-5,7,9-11,13,15-16,18-19,21,29-30H,6,8,12,14,17,20H2,(H,33,35)/t29-,30-/m0/s1. The predicted octanol–water partition coefficient (Wildman–Crippen LogP) is 6.56. The summed E-state index contributed by atoms with van der Waals surface area (Å²) in [7, 11) is 0. The Morgan fingerprint density at radius 3 is 2.44 bits per heavy atom. The Morgan fingerprint density at radius 1 is 0.778 bits per heavy atom. The Labute approximate surface area is 211 Å². The summed E-state index contributed by atoms with van der Waals surface area (Å²) in [6.45, 7) is 0.629. The number of nitrogens with one attached hydrogen (secondary N) is 1. The molecule has 0 radical (unpaired) electrons. The first-order valence-electron chi connectivity index (χ1n) is 13.0. The second kappa shape index (κ2) is 9.62. The molecule has 4 aromatic carbocycles. The van der Waals surface area contributed by atoms with Gasteiger partial charge in [0.1, 0.15) is 0 Å². The molecule has 1 heterocycles. The van der Waals surface area contributed by atoms with Gasteiger partial charge in [0, 0.05) is 17.8 Å². The van der Waals surface area contributed by atoms with E-state index in [1.807, 2.05) is 83.8 Å². The van der Waals surface area contributed by atoms with E-state index in [1.54, 1.807) is 0 Å². The summed E-state index contributed by atoms with van der Waals surface area (Å²) in [5.41, 5.74) is 5.27. The van der Waals surface area contributed by atoms with E-state index >= 15 is 0 Å². The third-order valence-corrected chi connectivity index (χ3v) is 7.76. The van der Waals surface area contributed by atoms with Gasteiger partial charge in [0.05, 0.1) is 12.0 Å². The lowest BCUT2D eigenvalue weighted by Crippen LogP contribution is -2.46. The Hall–Kier alpha value is -3.92. The van der Waals surface area contributed by atoms with E-state index in [0.29, 0.717) is 12.1 Å². The van der Waals surface area contributed by atoms with Gasteiger partial charge in [-0.05, 0) is 77.8 Å². The fraction of sp³-hybridized carbons (Fsp3) is 0.250. The number of hydrogen-bond acceptors (Lipinski definition) is 2. The Bertz CT molecular complexity index is 1420. The number of likely N-dealkylation sites (tertiary alicyclic amines) is 1. The summed E-state index contributed by atoms with van der Waals surface area (Å²) in [6.07, 6.45) is 4.91. The molecule has 1 aliphatic carbocycles. The highest BCUT2D eigenvalue weighted by molar-refractivity contribution is 6.07. The lowest BCUT2D eigenvalue weighted by Gasteiger charge is -2.41. The van der Waals surface area contributed by atoms with E-state index in [0.717, 1.165) is 47.7 Å². The van der Waals surface area contributed by atoms with Crippen LogP contribution in [0.15, 0.2) is 91.0 Å². The number of carbonyl (C=O) groups excluding carboxylic acids is 2. The summed E-state index contributed by atoms with van der Waals surface area (Å²) in [4.78, 5) is 29.7. The van der Waals surface area contributed by atoms with Crippen LogP contribution in [-0.2, 0) is 17.6 Å². The maximum Gasteiger partial charge on any atom is 0.255 e. The zero-order valence-electron chi connectivity index (χ0n) is 20.3. The van der Waals surface area contributed by atoms with Crippen LogP contribution in [0.5, 0.6) is 0 Å². The molecule has 0 aromatic heterocycles. The number of hydrogen-bond donors (Lipinski definition) is 1. The zero-order valence-corrected chi connectivity index (χ0v) is 20.3. The minimum atomic E-state index is -0.326. The van der Waals surface area contributed by atoms with Crippen LogP contribution < -0.4 is 5.32 Å². The van der Waals surface area contributed by atoms with Crippen molar-refractivity contribution in [2.24, 2.45) is 5.92 Å². The smallest absolute Gasteiger partial charge is 0.255 e. The first-order chi connectivity index (χ1) is 17.7. The number of carbonyl (C=O) groups is 2. The molecule has 1 fully saturated rings. The molecule has 2 amide bonds. The fourth-order valence-electron chi connectivity index (χ4n) is 6.01. The molecule has 4 heteroatoms. The van der Waals surface area contributed by atoms with Gasteiger partial charge in [-0.15, -0.1) is 0 Å². The number of piperidine rings is 1. The van der Waals surface area contributed by atoms with Crippen LogP contribution in [0.25, 0.3) is 10.8 Å². The minimum absolute atomic E-state index is 0.0165. The molecule has 0 bridgehead atoms. The van der Waals surface area contributed by atoms with Crippen molar-refractivity contribution < 1.29 is 9.59 Å². The monoisotopic (exact) mass is 474 g/mol. The van der Waals surface area contributed by atoms with Crippen molar-refractivity contribution >= 4 is 28.3 Å². The highest BCUT2D eigenvalue weighted by atomic mass is 16.2. The van der Waals surface area contributed by atoms with Crippen LogP contribution >= 0.6 is 0 Å². The second-order valence-corrected chi connectivity index (χ2v) is 9.96. The lowest BCUT2D eigenvalue weighted by atomic mass is 9.83. The van der Waals surface area contributed by atoms with Gasteiger partial charge in [-0.3, -0.25) is 9.59 Å². The van der Waals surface area contributed by atoms with Gasteiger partial charge >= 0.3 is 0 Å². The van der Waals surface area contributed by atoms with E-state index in [2.05, 4.69) is 17.4 Å². The van der Waals surface area contributed by atoms with Crippen molar-refractivity contribution in [3.63, 3.8) is 0 Å². The van der Waals surface area contributed by atoms with Crippen molar-refractivity contribution in [3.05, 3.63) is 113 Å². The zero-order chi connectivity index (χ0) is 24.5. The highest BCUT2D eigenvalue weighted by Gasteiger charge is 2.40. The predicted molar refractivity (Wildman–Crippen MR) is 144 cm³/mol. The average Bonchev–Trinajstić information content (AvgIpc) is 3.40. The van der Waals surface area contributed by atoms with Crippen LogP contribution in [0.2, 0.25) is 0 Å². The molecule has 0 spiro atoms. The van der Waals surface area contributed by atoms with E-state index < -0.39 is 0 Å². The third-order valence-electron chi connectivity index (χ3n) is 7.76. The number of rotatable bonds is 4. The third kappa shape index (κ3) is 4.17. The molecule has 2 atom stereocenters. The number of nitrogens with zero attached hydrogens (tertiary/aromatic N) is 1. The summed E-state index contributed by atoms with van der Waals surface area (Å²) in [5, 5.41) is 5.18. The summed E-state index contributed by atoms with van der Waals surface area (Å²) >= 11 is 0. The minimum Gasteiger partial charge on any atom is -0.331 e. The molecular weight excluding hydrogens is 444 g/mol. The van der Waals surface area contributed by atoms with Crippen LogP contribution in [0.3, 0.4) is 0 Å². The molecule has 4 aromatic rings. The summed E-state index contributed by atoms with van der Waals surface area (Å²) < 4.78 is 0. The molecule has 6 rings (SSSR count). The summed E-state index contributed by atoms with van der Waals surface area (Å²) in [5.74, 6) is -0.360. The average molecular weight is 475 g/mol. The maximum absolute atomic E-state index is 14.0. The van der Waals surface area contributed by atoms with Crippen molar-refractivity contribution in [1.82, 2.24) is 4.90 Å². The highest BCUT2D eigenvalue weighted by Crippen LogP contribution is 2.38. The fourth-order valence-corrected chi connectivity index (χ4v) is 6.01. The molecule has 1 N–H and O–H groups in total. The van der Waals surface area contributed by atoms with E-state index in [9.17, 15) is 9.59 Å². The van der Waals surface area contributed by atoms with Crippen LogP contribution in [0.4, 0.5) is 5.69 Å². The molecule has 0 saturated carbocycles. The number of fused-ring (bicyclic) bond motifs is 2. The summed E-state index contributed by atoms with van der Waals surface area (Å²) in [6, 6.07) is 29.9. The van der Waals surface area contributed by atoms with E-state index in [4.69, 9.17) is 0 Å². The number of benzene rings is 4. The van der Waals surface area contributed by atoms with Gasteiger partial charge in [0.2, 0.25) is 5.91 Å². The van der Waals surface area contributed by atoms with Gasteiger partial charge in [-0.2, -0.15) is 0 Å². The molecule has 1 saturated heterocycles. The van der Waals surface area contributed by atoms with Crippen molar-refractivity contribution in [3.8, 4) is 0 Å². The van der Waals surface area contributed by atoms with Crippen LogP contribution in [0.1, 0.15) is 52.4 Å². The first-order valence-corrected chi connectivity index (χ1v) is 13.0.